The second-order valence-electron chi connectivity index (χ2n) is 1.08. The molecule has 1 rings (SSSR count). The summed E-state index contributed by atoms with van der Waals surface area (Å²) in [6.45, 7) is 0. The molecule has 0 aromatic heterocycles. The van der Waals surface area contributed by atoms with Gasteiger partial charge >= 0.3 is 21.8 Å². The summed E-state index contributed by atoms with van der Waals surface area (Å²) in [6, 6.07) is 12.5. The van der Waals surface area contributed by atoms with E-state index in [-0.39, 0.29) is 18.3 Å². The first-order valence-corrected chi connectivity index (χ1v) is 3.41. The fourth-order valence-corrected chi connectivity index (χ4v) is 0.342. The van der Waals surface area contributed by atoms with E-state index >= 15 is 0 Å². The van der Waals surface area contributed by atoms with Crippen LogP contribution in [0.4, 0.5) is 0 Å². The summed E-state index contributed by atoms with van der Waals surface area (Å²) >= 11 is 0.125. The van der Waals surface area contributed by atoms with Gasteiger partial charge in [-0.3, -0.25) is 0 Å². The van der Waals surface area contributed by atoms with Gasteiger partial charge in [0.15, 0.2) is 0 Å². The number of rotatable bonds is 0. The Labute approximate surface area is 58.7 Å². The van der Waals surface area contributed by atoms with E-state index in [0.29, 0.717) is 0 Å². The molecule has 0 spiro atoms. The average Bonchev–Trinajstić information content (AvgIpc) is 1.96. The Kier molecular flexibility index (Phi) is 6.35. The summed E-state index contributed by atoms with van der Waals surface area (Å²) in [5.41, 5.74) is 0. The molecular weight excluding hydrogens is 153 g/mol. The third-order valence-electron chi connectivity index (χ3n) is 0.607. The summed E-state index contributed by atoms with van der Waals surface area (Å²) in [6.07, 6.45) is 0. The SMILES string of the molecule is [O]=[Zn].[c]1ccccc1. The van der Waals surface area contributed by atoms with E-state index in [1.807, 2.05) is 30.3 Å². The molecule has 1 radical (unpaired) electrons. The summed E-state index contributed by atoms with van der Waals surface area (Å²) in [4.78, 5) is 0. The Bertz CT molecular complexity index is 91.4. The molecule has 0 heterocycles. The van der Waals surface area contributed by atoms with Crippen LogP contribution in [-0.4, -0.2) is 0 Å². The maximum absolute atomic E-state index is 8.38. The normalized spacial score (nSPS) is 6.75. The molecule has 37 valence electrons. The zero-order valence-corrected chi connectivity index (χ0v) is 7.47. The van der Waals surface area contributed by atoms with Crippen LogP contribution in [0.3, 0.4) is 0 Å². The van der Waals surface area contributed by atoms with Crippen molar-refractivity contribution in [3.63, 3.8) is 0 Å². The monoisotopic (exact) mass is 157 g/mol. The molecule has 0 bridgehead atoms. The summed E-state index contributed by atoms with van der Waals surface area (Å²) in [5, 5.41) is 0. The molecule has 0 aliphatic heterocycles. The number of hydrogen-bond donors (Lipinski definition) is 0. The predicted molar refractivity (Wildman–Crippen MR) is 26.0 cm³/mol. The van der Waals surface area contributed by atoms with Crippen LogP contribution in [0.2, 0.25) is 0 Å². The van der Waals surface area contributed by atoms with Crippen molar-refractivity contribution in [1.82, 2.24) is 0 Å². The van der Waals surface area contributed by atoms with Gasteiger partial charge in [-0.25, -0.2) is 0 Å². The molecule has 0 N–H and O–H groups in total. The Morgan fingerprint density at radius 3 is 1.62 bits per heavy atom. The van der Waals surface area contributed by atoms with Gasteiger partial charge in [-0.1, -0.05) is 30.3 Å². The quantitative estimate of drug-likeness (QED) is 0.521. The van der Waals surface area contributed by atoms with Gasteiger partial charge in [0.05, 0.1) is 0 Å². The molecule has 2 heteroatoms. The molecule has 0 aliphatic carbocycles. The van der Waals surface area contributed by atoms with Crippen LogP contribution in [0.1, 0.15) is 0 Å². The molecular formula is C6H5OZn. The van der Waals surface area contributed by atoms with E-state index in [1.165, 1.54) is 0 Å². The standard InChI is InChI=1S/C6H5.O.Zn/c1-2-4-6-5-3-1;;/h1-5H;;. The van der Waals surface area contributed by atoms with Crippen LogP contribution in [0.15, 0.2) is 30.3 Å². The maximum Gasteiger partial charge on any atom is -0.0184 e. The molecule has 0 atom stereocenters. The maximum atomic E-state index is 8.38. The van der Waals surface area contributed by atoms with Crippen LogP contribution in [0.5, 0.6) is 0 Å². The first-order chi connectivity index (χ1) is 4.00. The van der Waals surface area contributed by atoms with Gasteiger partial charge in [0.25, 0.3) is 0 Å². The zero-order valence-electron chi connectivity index (χ0n) is 4.50. The minimum atomic E-state index is 0.125. The fraction of sp³-hybridized carbons (Fsp3) is 0. The molecule has 0 amide bonds. The topological polar surface area (TPSA) is 17.1 Å². The second-order valence-corrected chi connectivity index (χ2v) is 1.08. The Morgan fingerprint density at radius 2 is 1.50 bits per heavy atom. The molecule has 0 fully saturated rings. The Hall–Kier alpha value is -0.357. The van der Waals surface area contributed by atoms with E-state index in [9.17, 15) is 0 Å². The fourth-order valence-electron chi connectivity index (χ4n) is 0.342. The van der Waals surface area contributed by atoms with E-state index in [4.69, 9.17) is 3.57 Å². The first-order valence-electron chi connectivity index (χ1n) is 2.20. The van der Waals surface area contributed by atoms with Gasteiger partial charge in [-0.2, -0.15) is 0 Å². The van der Waals surface area contributed by atoms with Crippen LogP contribution in [0, 0.1) is 6.07 Å². The number of benzene rings is 1. The molecule has 8 heavy (non-hydrogen) atoms. The van der Waals surface area contributed by atoms with Crippen molar-refractivity contribution in [3.8, 4) is 0 Å². The van der Waals surface area contributed by atoms with E-state index in [2.05, 4.69) is 6.07 Å². The minimum Gasteiger partial charge on any atom is -0.0622 e. The van der Waals surface area contributed by atoms with Crippen LogP contribution in [-0.2, 0) is 21.8 Å². The van der Waals surface area contributed by atoms with Crippen LogP contribution < -0.4 is 0 Å². The summed E-state index contributed by atoms with van der Waals surface area (Å²) < 4.78 is 8.38. The van der Waals surface area contributed by atoms with E-state index in [1.54, 1.807) is 0 Å². The van der Waals surface area contributed by atoms with Gasteiger partial charge < -0.3 is 0 Å². The molecule has 0 saturated carbocycles. The average molecular weight is 158 g/mol. The van der Waals surface area contributed by atoms with Gasteiger partial charge in [-0.15, -0.1) is 0 Å². The Morgan fingerprint density at radius 1 is 1.00 bits per heavy atom. The zero-order chi connectivity index (χ0) is 6.24. The molecule has 1 nitrogen and oxygen atoms in total. The molecule has 0 aliphatic rings. The van der Waals surface area contributed by atoms with Crippen LogP contribution >= 0.6 is 0 Å². The summed E-state index contributed by atoms with van der Waals surface area (Å²) in [7, 11) is 0. The van der Waals surface area contributed by atoms with Crippen molar-refractivity contribution in [2.24, 2.45) is 0 Å². The summed E-state index contributed by atoms with van der Waals surface area (Å²) in [5.74, 6) is 0. The largest absolute Gasteiger partial charge is 0.0622 e. The third-order valence-corrected chi connectivity index (χ3v) is 0.607. The third kappa shape index (κ3) is 3.82. The van der Waals surface area contributed by atoms with Crippen molar-refractivity contribution in [2.75, 3.05) is 0 Å². The van der Waals surface area contributed by atoms with Crippen molar-refractivity contribution < 1.29 is 21.8 Å². The van der Waals surface area contributed by atoms with Crippen molar-refractivity contribution in [2.45, 2.75) is 0 Å². The molecule has 0 unspecified atom stereocenters. The van der Waals surface area contributed by atoms with Gasteiger partial charge in [0.2, 0.25) is 0 Å². The second kappa shape index (κ2) is 6.64. The van der Waals surface area contributed by atoms with E-state index in [0.717, 1.165) is 0 Å². The van der Waals surface area contributed by atoms with Crippen LogP contribution in [0.25, 0.3) is 0 Å². The van der Waals surface area contributed by atoms with E-state index < -0.39 is 0 Å². The number of hydrogen-bond acceptors (Lipinski definition) is 1. The van der Waals surface area contributed by atoms with Crippen molar-refractivity contribution in [1.29, 1.82) is 0 Å². The van der Waals surface area contributed by atoms with Gasteiger partial charge in [0.1, 0.15) is 0 Å². The molecule has 1 aromatic rings. The molecule has 0 saturated heterocycles. The molecule has 1 aromatic carbocycles. The first kappa shape index (κ1) is 7.64. The van der Waals surface area contributed by atoms with Gasteiger partial charge in [0, 0.05) is 0 Å². The van der Waals surface area contributed by atoms with Crippen molar-refractivity contribution in [3.05, 3.63) is 36.4 Å². The Balaban J connectivity index is 0.000000222. The van der Waals surface area contributed by atoms with Gasteiger partial charge in [-0.05, 0) is 6.07 Å². The van der Waals surface area contributed by atoms with Crippen molar-refractivity contribution >= 4 is 0 Å². The smallest absolute Gasteiger partial charge is 0.0184 e. The minimum absolute atomic E-state index is 0.125. The predicted octanol–water partition coefficient (Wildman–Crippen LogP) is 1.37.